The fraction of sp³-hybridized carbons (Fsp3) is 0.600. The molecule has 1 atom stereocenters. The second-order valence-electron chi connectivity index (χ2n) is 5.08. The van der Waals surface area contributed by atoms with Crippen LogP contribution in [0, 0.1) is 5.92 Å². The molecule has 1 fully saturated rings. The van der Waals surface area contributed by atoms with E-state index in [0.717, 1.165) is 41.6 Å². The summed E-state index contributed by atoms with van der Waals surface area (Å²) in [5, 5.41) is 4.36. The van der Waals surface area contributed by atoms with Crippen LogP contribution in [0.2, 0.25) is 5.02 Å². The Bertz CT molecular complexity index is 407. The Hall–Kier alpha value is -0.0900. The molecular formula is C15H21BrClNO. The van der Waals surface area contributed by atoms with E-state index in [1.165, 1.54) is 18.4 Å². The Kier molecular flexibility index (Phi) is 6.14. The predicted molar refractivity (Wildman–Crippen MR) is 83.7 cm³/mol. The lowest BCUT2D eigenvalue weighted by molar-refractivity contribution is 0.0606. The van der Waals surface area contributed by atoms with Crippen molar-refractivity contribution in [3.8, 4) is 0 Å². The smallest absolute Gasteiger partial charge is 0.0551 e. The van der Waals surface area contributed by atoms with Crippen LogP contribution in [0.1, 0.15) is 37.8 Å². The third-order valence-corrected chi connectivity index (χ3v) is 4.94. The molecular weight excluding hydrogens is 326 g/mol. The van der Waals surface area contributed by atoms with Gasteiger partial charge >= 0.3 is 0 Å². The summed E-state index contributed by atoms with van der Waals surface area (Å²) in [5.41, 5.74) is 1.28. The zero-order valence-electron chi connectivity index (χ0n) is 11.3. The number of rotatable bonds is 5. The van der Waals surface area contributed by atoms with Crippen LogP contribution in [0.25, 0.3) is 0 Å². The number of hydrogen-bond donors (Lipinski definition) is 1. The topological polar surface area (TPSA) is 21.3 Å². The molecule has 1 unspecified atom stereocenters. The average molecular weight is 347 g/mol. The zero-order chi connectivity index (χ0) is 13.7. The molecule has 0 spiro atoms. The molecule has 1 aromatic rings. The molecule has 0 saturated carbocycles. The van der Waals surface area contributed by atoms with Crippen LogP contribution < -0.4 is 5.32 Å². The molecule has 1 heterocycles. The molecule has 1 aromatic carbocycles. The van der Waals surface area contributed by atoms with E-state index in [1.54, 1.807) is 0 Å². The van der Waals surface area contributed by atoms with Crippen LogP contribution in [-0.4, -0.2) is 19.8 Å². The van der Waals surface area contributed by atoms with Gasteiger partial charge in [0.05, 0.1) is 5.02 Å². The van der Waals surface area contributed by atoms with Crippen LogP contribution >= 0.6 is 27.5 Å². The maximum atomic E-state index is 6.21. The molecule has 4 heteroatoms. The Balaban J connectivity index is 2.07. The number of ether oxygens (including phenoxy) is 1. The van der Waals surface area contributed by atoms with Crippen molar-refractivity contribution >= 4 is 27.5 Å². The van der Waals surface area contributed by atoms with Crippen molar-refractivity contribution in [2.24, 2.45) is 5.92 Å². The molecule has 1 saturated heterocycles. The van der Waals surface area contributed by atoms with Crippen molar-refractivity contribution in [3.63, 3.8) is 0 Å². The van der Waals surface area contributed by atoms with Gasteiger partial charge in [0, 0.05) is 23.7 Å². The molecule has 0 aromatic heterocycles. The zero-order valence-corrected chi connectivity index (χ0v) is 13.6. The van der Waals surface area contributed by atoms with Gasteiger partial charge in [0.25, 0.3) is 0 Å². The van der Waals surface area contributed by atoms with Gasteiger partial charge < -0.3 is 10.1 Å². The minimum atomic E-state index is 0.388. The summed E-state index contributed by atoms with van der Waals surface area (Å²) >= 11 is 9.65. The van der Waals surface area contributed by atoms with Crippen molar-refractivity contribution in [2.45, 2.75) is 32.2 Å². The highest BCUT2D eigenvalue weighted by molar-refractivity contribution is 9.10. The van der Waals surface area contributed by atoms with E-state index in [4.69, 9.17) is 16.3 Å². The first-order chi connectivity index (χ1) is 9.20. The van der Waals surface area contributed by atoms with Crippen molar-refractivity contribution < 1.29 is 4.74 Å². The van der Waals surface area contributed by atoms with Gasteiger partial charge in [-0.15, -0.1) is 0 Å². The maximum absolute atomic E-state index is 6.21. The molecule has 19 heavy (non-hydrogen) atoms. The van der Waals surface area contributed by atoms with Crippen LogP contribution in [0.5, 0.6) is 0 Å². The lowest BCUT2D eigenvalue weighted by Crippen LogP contribution is -2.26. The van der Waals surface area contributed by atoms with Crippen LogP contribution in [0.4, 0.5) is 0 Å². The predicted octanol–water partition coefficient (Wildman–Crippen LogP) is 4.57. The highest BCUT2D eigenvalue weighted by Crippen LogP contribution is 2.31. The fourth-order valence-electron chi connectivity index (χ4n) is 2.63. The summed E-state index contributed by atoms with van der Waals surface area (Å²) in [6.45, 7) is 4.94. The Morgan fingerprint density at radius 2 is 2.16 bits per heavy atom. The first-order valence-electron chi connectivity index (χ1n) is 6.96. The number of benzene rings is 1. The molecule has 0 amide bonds. The Morgan fingerprint density at radius 1 is 1.42 bits per heavy atom. The van der Waals surface area contributed by atoms with Crippen LogP contribution in [0.15, 0.2) is 22.7 Å². The van der Waals surface area contributed by atoms with Gasteiger partial charge in [0.2, 0.25) is 0 Å². The van der Waals surface area contributed by atoms with Gasteiger partial charge in [-0.1, -0.05) is 24.6 Å². The normalized spacial score (nSPS) is 18.5. The van der Waals surface area contributed by atoms with Gasteiger partial charge in [-0.3, -0.25) is 0 Å². The van der Waals surface area contributed by atoms with Gasteiger partial charge in [-0.2, -0.15) is 0 Å². The summed E-state index contributed by atoms with van der Waals surface area (Å²) in [6, 6.07) is 6.64. The quantitative estimate of drug-likeness (QED) is 0.843. The SMILES string of the molecule is CCNC(CC1CCOCC1)c1ccc(Br)c(Cl)c1. The third kappa shape index (κ3) is 4.45. The molecule has 1 aliphatic heterocycles. The Labute approximate surface area is 129 Å². The first kappa shape index (κ1) is 15.3. The number of halogens is 2. The molecule has 0 radical (unpaired) electrons. The molecule has 2 nitrogen and oxygen atoms in total. The summed E-state index contributed by atoms with van der Waals surface area (Å²) in [7, 11) is 0. The number of nitrogens with one attached hydrogen (secondary N) is 1. The minimum Gasteiger partial charge on any atom is -0.381 e. The van der Waals surface area contributed by atoms with E-state index in [2.05, 4.69) is 40.3 Å². The Morgan fingerprint density at radius 3 is 2.79 bits per heavy atom. The van der Waals surface area contributed by atoms with Crippen molar-refractivity contribution in [2.75, 3.05) is 19.8 Å². The lowest BCUT2D eigenvalue weighted by Gasteiger charge is -2.27. The van der Waals surface area contributed by atoms with Crippen molar-refractivity contribution in [1.82, 2.24) is 5.32 Å². The molecule has 2 rings (SSSR count). The van der Waals surface area contributed by atoms with E-state index < -0.39 is 0 Å². The molecule has 1 aliphatic rings. The van der Waals surface area contributed by atoms with Gasteiger partial charge in [0.1, 0.15) is 0 Å². The second-order valence-corrected chi connectivity index (χ2v) is 6.34. The summed E-state index contributed by atoms with van der Waals surface area (Å²) in [4.78, 5) is 0. The average Bonchev–Trinajstić information content (AvgIpc) is 2.43. The van der Waals surface area contributed by atoms with E-state index >= 15 is 0 Å². The van der Waals surface area contributed by atoms with E-state index in [9.17, 15) is 0 Å². The lowest BCUT2D eigenvalue weighted by atomic mass is 9.89. The first-order valence-corrected chi connectivity index (χ1v) is 8.14. The molecule has 0 aliphatic carbocycles. The van der Waals surface area contributed by atoms with Gasteiger partial charge in [0.15, 0.2) is 0 Å². The van der Waals surface area contributed by atoms with Crippen LogP contribution in [0.3, 0.4) is 0 Å². The van der Waals surface area contributed by atoms with E-state index in [-0.39, 0.29) is 0 Å². The minimum absolute atomic E-state index is 0.388. The largest absolute Gasteiger partial charge is 0.381 e. The monoisotopic (exact) mass is 345 g/mol. The standard InChI is InChI=1S/C15H21BrClNO/c1-2-18-15(9-11-5-7-19-8-6-11)12-3-4-13(16)14(17)10-12/h3-4,10-11,15,18H,2,5-9H2,1H3. The van der Waals surface area contributed by atoms with Gasteiger partial charge in [-0.25, -0.2) is 0 Å². The second kappa shape index (κ2) is 7.63. The third-order valence-electron chi connectivity index (χ3n) is 3.71. The molecule has 106 valence electrons. The van der Waals surface area contributed by atoms with Crippen molar-refractivity contribution in [3.05, 3.63) is 33.3 Å². The summed E-state index contributed by atoms with van der Waals surface area (Å²) in [6.07, 6.45) is 3.51. The fourth-order valence-corrected chi connectivity index (χ4v) is 3.06. The van der Waals surface area contributed by atoms with Crippen LogP contribution in [-0.2, 0) is 4.74 Å². The van der Waals surface area contributed by atoms with E-state index in [1.807, 2.05) is 6.07 Å². The van der Waals surface area contributed by atoms with Crippen molar-refractivity contribution in [1.29, 1.82) is 0 Å². The van der Waals surface area contributed by atoms with E-state index in [0.29, 0.717) is 6.04 Å². The summed E-state index contributed by atoms with van der Waals surface area (Å²) in [5.74, 6) is 0.750. The molecule has 0 bridgehead atoms. The number of hydrogen-bond acceptors (Lipinski definition) is 2. The highest BCUT2D eigenvalue weighted by Gasteiger charge is 2.20. The maximum Gasteiger partial charge on any atom is 0.0551 e. The van der Waals surface area contributed by atoms with Gasteiger partial charge in [-0.05, 0) is 65.4 Å². The highest BCUT2D eigenvalue weighted by atomic mass is 79.9. The molecule has 1 N–H and O–H groups in total. The summed E-state index contributed by atoms with van der Waals surface area (Å²) < 4.78 is 6.39.